The van der Waals surface area contributed by atoms with Gasteiger partial charge in [-0.25, -0.2) is 0 Å². The van der Waals surface area contributed by atoms with Crippen LogP contribution in [0.5, 0.6) is 0 Å². The van der Waals surface area contributed by atoms with Gasteiger partial charge in [0.05, 0.1) is 4.88 Å². The summed E-state index contributed by atoms with van der Waals surface area (Å²) in [6, 6.07) is 0. The van der Waals surface area contributed by atoms with Crippen molar-refractivity contribution in [1.29, 1.82) is 0 Å². The number of Topliss-reactive ketones (excluding diaryl/α,β-unsaturated/α-hetero) is 1. The van der Waals surface area contributed by atoms with Crippen LogP contribution in [0.25, 0.3) is 5.76 Å². The number of allylic oxidation sites excluding steroid dienone is 1. The first-order chi connectivity index (χ1) is 6.86. The number of carbonyl (C=O) groups is 1. The van der Waals surface area contributed by atoms with Crippen molar-refractivity contribution >= 4 is 22.9 Å². The first-order valence-corrected chi connectivity index (χ1v) is 5.65. The molecule has 82 valence electrons. The van der Waals surface area contributed by atoms with Crippen LogP contribution in [0.2, 0.25) is 0 Å². The lowest BCUT2D eigenvalue weighted by Gasteiger charge is -2.02. The van der Waals surface area contributed by atoms with Crippen molar-refractivity contribution in [3.05, 3.63) is 26.5 Å². The first-order valence-electron chi connectivity index (χ1n) is 4.84. The normalized spacial score (nSPS) is 12.6. The summed E-state index contributed by atoms with van der Waals surface area (Å²) in [4.78, 5) is 13.2. The minimum atomic E-state index is -0.0874. The third-order valence-electron chi connectivity index (χ3n) is 2.78. The second kappa shape index (κ2) is 4.19. The Hall–Kier alpha value is -1.09. The molecule has 15 heavy (non-hydrogen) atoms. The van der Waals surface area contributed by atoms with Crippen LogP contribution in [0.3, 0.4) is 0 Å². The molecule has 0 fully saturated rings. The third-order valence-corrected chi connectivity index (χ3v) is 4.10. The number of carbonyl (C=O) groups excluding carboxylic acids is 1. The lowest BCUT2D eigenvalue weighted by atomic mass is 10.1. The number of aliphatic hydroxyl groups excluding tert-OH is 1. The summed E-state index contributed by atoms with van der Waals surface area (Å²) in [7, 11) is 0. The van der Waals surface area contributed by atoms with Gasteiger partial charge >= 0.3 is 0 Å². The monoisotopic (exact) mass is 224 g/mol. The zero-order valence-electron chi connectivity index (χ0n) is 9.76. The van der Waals surface area contributed by atoms with E-state index in [4.69, 9.17) is 0 Å². The second-order valence-corrected chi connectivity index (χ2v) is 4.99. The number of aliphatic hydroxyl groups is 1. The number of aryl methyl sites for hydroxylation is 1. The van der Waals surface area contributed by atoms with Crippen molar-refractivity contribution in [2.75, 3.05) is 0 Å². The van der Waals surface area contributed by atoms with Crippen LogP contribution in [0.15, 0.2) is 5.57 Å². The van der Waals surface area contributed by atoms with Crippen LogP contribution >= 0.6 is 11.3 Å². The Balaban J connectivity index is 3.35. The van der Waals surface area contributed by atoms with Gasteiger partial charge in [0.1, 0.15) is 5.76 Å². The van der Waals surface area contributed by atoms with Gasteiger partial charge < -0.3 is 5.11 Å². The van der Waals surface area contributed by atoms with E-state index in [1.807, 2.05) is 20.8 Å². The Morgan fingerprint density at radius 3 is 2.00 bits per heavy atom. The van der Waals surface area contributed by atoms with Gasteiger partial charge in [-0.15, -0.1) is 11.3 Å². The maximum atomic E-state index is 11.1. The molecule has 0 aliphatic carbocycles. The van der Waals surface area contributed by atoms with Crippen molar-refractivity contribution in [1.82, 2.24) is 0 Å². The molecule has 0 unspecified atom stereocenters. The van der Waals surface area contributed by atoms with Gasteiger partial charge in [0.2, 0.25) is 0 Å². The third kappa shape index (κ3) is 2.12. The summed E-state index contributed by atoms with van der Waals surface area (Å²) in [5, 5.41) is 9.95. The second-order valence-electron chi connectivity index (χ2n) is 3.77. The molecule has 1 aromatic rings. The highest BCUT2D eigenvalue weighted by atomic mass is 32.1. The van der Waals surface area contributed by atoms with E-state index in [0.717, 1.165) is 10.4 Å². The zero-order chi connectivity index (χ0) is 11.7. The number of rotatable bonds is 2. The molecule has 0 aliphatic rings. The summed E-state index contributed by atoms with van der Waals surface area (Å²) in [5.74, 6) is 0.0387. The van der Waals surface area contributed by atoms with Crippen LogP contribution < -0.4 is 0 Å². The van der Waals surface area contributed by atoms with Gasteiger partial charge in [0.15, 0.2) is 5.78 Å². The largest absolute Gasteiger partial charge is 0.506 e. The molecular weight excluding hydrogens is 208 g/mol. The smallest absolute Gasteiger partial charge is 0.159 e. The number of hydrogen-bond donors (Lipinski definition) is 1. The average molecular weight is 224 g/mol. The van der Waals surface area contributed by atoms with Crippen LogP contribution in [0.4, 0.5) is 0 Å². The molecule has 0 saturated carbocycles. The van der Waals surface area contributed by atoms with Crippen molar-refractivity contribution < 1.29 is 9.90 Å². The molecular formula is C12H16O2S. The molecule has 1 aromatic heterocycles. The van der Waals surface area contributed by atoms with Gasteiger partial charge in [-0.05, 0) is 45.7 Å². The van der Waals surface area contributed by atoms with Gasteiger partial charge in [-0.2, -0.15) is 0 Å². The van der Waals surface area contributed by atoms with E-state index in [1.165, 1.54) is 28.7 Å². The Bertz CT molecular complexity index is 439. The molecule has 3 heteroatoms. The molecule has 0 atom stereocenters. The Morgan fingerprint density at radius 1 is 1.13 bits per heavy atom. The SMILES string of the molecule is CC(=O)/C(C)=C(\O)c1sc(C)c(C)c1C. The summed E-state index contributed by atoms with van der Waals surface area (Å²) in [6.45, 7) is 9.14. The van der Waals surface area contributed by atoms with Crippen LogP contribution in [0.1, 0.15) is 34.7 Å². The maximum absolute atomic E-state index is 11.1. The van der Waals surface area contributed by atoms with E-state index in [1.54, 1.807) is 6.92 Å². The Labute approximate surface area is 94.3 Å². The fraction of sp³-hybridized carbons (Fsp3) is 0.417. The molecule has 0 aromatic carbocycles. The molecule has 0 bridgehead atoms. The van der Waals surface area contributed by atoms with Gasteiger partial charge in [-0.3, -0.25) is 4.79 Å². The van der Waals surface area contributed by atoms with Crippen molar-refractivity contribution in [2.45, 2.75) is 34.6 Å². The topological polar surface area (TPSA) is 37.3 Å². The first kappa shape index (κ1) is 12.0. The predicted octanol–water partition coefficient (Wildman–Crippen LogP) is 3.55. The van der Waals surface area contributed by atoms with E-state index in [0.29, 0.717) is 5.57 Å². The molecule has 0 spiro atoms. The molecule has 1 N–H and O–H groups in total. The van der Waals surface area contributed by atoms with Crippen molar-refractivity contribution in [3.63, 3.8) is 0 Å². The summed E-state index contributed by atoms with van der Waals surface area (Å²) >= 11 is 1.53. The highest BCUT2D eigenvalue weighted by Gasteiger charge is 2.15. The van der Waals surface area contributed by atoms with Crippen LogP contribution in [0, 0.1) is 20.8 Å². The molecule has 1 rings (SSSR count). The van der Waals surface area contributed by atoms with E-state index in [9.17, 15) is 9.90 Å². The predicted molar refractivity (Wildman–Crippen MR) is 64.4 cm³/mol. The Morgan fingerprint density at radius 2 is 1.67 bits per heavy atom. The molecule has 1 heterocycles. The molecule has 0 radical (unpaired) electrons. The van der Waals surface area contributed by atoms with Crippen molar-refractivity contribution in [3.8, 4) is 0 Å². The van der Waals surface area contributed by atoms with E-state index < -0.39 is 0 Å². The van der Waals surface area contributed by atoms with Gasteiger partial charge in [0, 0.05) is 10.5 Å². The van der Waals surface area contributed by atoms with Crippen LogP contribution in [-0.4, -0.2) is 10.9 Å². The fourth-order valence-corrected chi connectivity index (χ4v) is 2.47. The minimum Gasteiger partial charge on any atom is -0.506 e. The molecule has 0 saturated heterocycles. The standard InChI is InChI=1S/C12H16O2S/c1-6-7(2)12(15-10(6)5)11(14)8(3)9(4)13/h14H,1-5H3/b11-8-. The van der Waals surface area contributed by atoms with Gasteiger partial charge in [-0.1, -0.05) is 0 Å². The fourth-order valence-electron chi connectivity index (χ4n) is 1.30. The number of thiophene rings is 1. The highest BCUT2D eigenvalue weighted by Crippen LogP contribution is 2.32. The summed E-state index contributed by atoms with van der Waals surface area (Å²) in [6.07, 6.45) is 0. The molecule has 2 nitrogen and oxygen atoms in total. The number of ketones is 1. The quantitative estimate of drug-likeness (QED) is 0.616. The maximum Gasteiger partial charge on any atom is 0.159 e. The average Bonchev–Trinajstić information content (AvgIpc) is 2.43. The number of hydrogen-bond acceptors (Lipinski definition) is 3. The van der Waals surface area contributed by atoms with E-state index in [-0.39, 0.29) is 11.5 Å². The van der Waals surface area contributed by atoms with E-state index in [2.05, 4.69) is 0 Å². The molecule has 0 aliphatic heterocycles. The lowest BCUT2D eigenvalue weighted by Crippen LogP contribution is -1.97. The van der Waals surface area contributed by atoms with Gasteiger partial charge in [0.25, 0.3) is 0 Å². The lowest BCUT2D eigenvalue weighted by molar-refractivity contribution is -0.113. The van der Waals surface area contributed by atoms with E-state index >= 15 is 0 Å². The zero-order valence-corrected chi connectivity index (χ0v) is 10.6. The molecule has 0 amide bonds. The highest BCUT2D eigenvalue weighted by molar-refractivity contribution is 7.13. The summed E-state index contributed by atoms with van der Waals surface area (Å²) in [5.41, 5.74) is 2.69. The van der Waals surface area contributed by atoms with Crippen LogP contribution in [-0.2, 0) is 4.79 Å². The van der Waals surface area contributed by atoms with Crippen molar-refractivity contribution in [2.24, 2.45) is 0 Å². The summed E-state index contributed by atoms with van der Waals surface area (Å²) < 4.78 is 0. The minimum absolute atomic E-state index is 0.0874. The Kier molecular flexibility index (Phi) is 3.35.